The van der Waals surface area contributed by atoms with E-state index in [4.69, 9.17) is 9.47 Å². The quantitative estimate of drug-likeness (QED) is 0.745. The lowest BCUT2D eigenvalue weighted by molar-refractivity contribution is 0.174. The number of fused-ring (bicyclic) bond motifs is 1. The highest BCUT2D eigenvalue weighted by Gasteiger charge is 2.19. The fraction of sp³-hybridized carbons (Fsp3) is 0.150. The van der Waals surface area contributed by atoms with E-state index >= 15 is 0 Å². The lowest BCUT2D eigenvalue weighted by atomic mass is 10.0. The number of anilines is 1. The maximum atomic E-state index is 10.2. The molecule has 126 valence electrons. The van der Waals surface area contributed by atoms with Gasteiger partial charge in [-0.1, -0.05) is 24.3 Å². The maximum Gasteiger partial charge on any atom is 0.231 e. The molecule has 0 radical (unpaired) electrons. The van der Waals surface area contributed by atoms with Crippen molar-refractivity contribution in [3.8, 4) is 39.6 Å². The molecule has 5 heteroatoms. The molecule has 0 atom stereocenters. The highest BCUT2D eigenvalue weighted by atomic mass is 16.7. The molecule has 0 aliphatic carbocycles. The number of phenols is 1. The van der Waals surface area contributed by atoms with Crippen LogP contribution in [0, 0.1) is 0 Å². The lowest BCUT2D eigenvalue weighted by Crippen LogP contribution is -2.01. The van der Waals surface area contributed by atoms with Gasteiger partial charge in [-0.05, 0) is 42.8 Å². The van der Waals surface area contributed by atoms with Crippen LogP contribution in [0.15, 0.2) is 54.6 Å². The van der Waals surface area contributed by atoms with Crippen molar-refractivity contribution >= 4 is 5.82 Å². The van der Waals surface area contributed by atoms with Crippen molar-refractivity contribution < 1.29 is 14.6 Å². The lowest BCUT2D eigenvalue weighted by Gasteiger charge is -2.12. The number of ether oxygens (including phenoxy) is 2. The van der Waals surface area contributed by atoms with Gasteiger partial charge in [0.05, 0.1) is 5.69 Å². The first-order valence-electron chi connectivity index (χ1n) is 8.19. The summed E-state index contributed by atoms with van der Waals surface area (Å²) in [6.45, 7) is 3.00. The topological polar surface area (TPSA) is 63.6 Å². The van der Waals surface area contributed by atoms with Gasteiger partial charge in [0.1, 0.15) is 11.6 Å². The average molecular weight is 334 g/mol. The summed E-state index contributed by atoms with van der Waals surface area (Å²) < 4.78 is 11.1. The molecule has 0 saturated carbocycles. The van der Waals surface area contributed by atoms with Gasteiger partial charge in [0, 0.05) is 17.7 Å². The van der Waals surface area contributed by atoms with Crippen LogP contribution in [-0.2, 0) is 0 Å². The van der Waals surface area contributed by atoms with Crippen LogP contribution < -0.4 is 14.8 Å². The summed E-state index contributed by atoms with van der Waals surface area (Å²) in [4.78, 5) is 4.63. The van der Waals surface area contributed by atoms with Crippen molar-refractivity contribution in [3.05, 3.63) is 54.6 Å². The number of rotatable bonds is 4. The molecule has 0 fully saturated rings. The van der Waals surface area contributed by atoms with E-state index in [1.54, 1.807) is 12.1 Å². The van der Waals surface area contributed by atoms with E-state index < -0.39 is 0 Å². The predicted octanol–water partition coefficient (Wildman–Crippen LogP) is 4.28. The van der Waals surface area contributed by atoms with E-state index in [1.165, 1.54) is 0 Å². The smallest absolute Gasteiger partial charge is 0.231 e. The number of para-hydroxylation sites is 2. The van der Waals surface area contributed by atoms with Crippen molar-refractivity contribution in [1.82, 2.24) is 4.98 Å². The molecule has 0 amide bonds. The summed E-state index contributed by atoms with van der Waals surface area (Å²) in [5.41, 5.74) is 3.27. The number of nitrogens with one attached hydrogen (secondary N) is 1. The minimum absolute atomic E-state index is 0.201. The third-order valence-electron chi connectivity index (χ3n) is 4.07. The molecule has 4 rings (SSSR count). The molecule has 0 spiro atoms. The molecule has 5 nitrogen and oxygen atoms in total. The minimum atomic E-state index is 0.201. The van der Waals surface area contributed by atoms with E-state index in [-0.39, 0.29) is 12.5 Å². The third kappa shape index (κ3) is 2.85. The van der Waals surface area contributed by atoms with Crippen LogP contribution in [0.2, 0.25) is 0 Å². The van der Waals surface area contributed by atoms with Crippen LogP contribution >= 0.6 is 0 Å². The Balaban J connectivity index is 1.89. The van der Waals surface area contributed by atoms with Gasteiger partial charge in [-0.15, -0.1) is 0 Å². The summed E-state index contributed by atoms with van der Waals surface area (Å²) in [7, 11) is 0. The van der Waals surface area contributed by atoms with E-state index in [0.29, 0.717) is 11.3 Å². The molecule has 1 aromatic heterocycles. The standard InChI is InChI=1S/C20H18N2O3/c1-2-21-19-11-13(14-7-5-9-18-20(14)25-12-24-18)10-16(22-19)15-6-3-4-8-17(15)23/h3-11,23H,2,12H2,1H3,(H,21,22). The van der Waals surface area contributed by atoms with E-state index in [1.807, 2.05) is 49.4 Å². The Morgan fingerprint density at radius 1 is 1.04 bits per heavy atom. The Hall–Kier alpha value is -3.21. The van der Waals surface area contributed by atoms with Gasteiger partial charge < -0.3 is 19.9 Å². The fourth-order valence-electron chi connectivity index (χ4n) is 2.94. The zero-order valence-corrected chi connectivity index (χ0v) is 13.8. The van der Waals surface area contributed by atoms with Crippen molar-refractivity contribution in [1.29, 1.82) is 0 Å². The number of aromatic nitrogens is 1. The largest absolute Gasteiger partial charge is 0.507 e. The Morgan fingerprint density at radius 2 is 1.88 bits per heavy atom. The number of nitrogens with zero attached hydrogens (tertiary/aromatic N) is 1. The summed E-state index contributed by atoms with van der Waals surface area (Å²) in [6.07, 6.45) is 0. The highest BCUT2D eigenvalue weighted by Crippen LogP contribution is 2.42. The zero-order chi connectivity index (χ0) is 17.2. The van der Waals surface area contributed by atoms with Gasteiger partial charge in [-0.25, -0.2) is 4.98 Å². The molecule has 0 saturated heterocycles. The van der Waals surface area contributed by atoms with Crippen molar-refractivity contribution in [2.24, 2.45) is 0 Å². The molecule has 2 N–H and O–H groups in total. The second-order valence-electron chi connectivity index (χ2n) is 5.71. The van der Waals surface area contributed by atoms with Crippen LogP contribution in [0.3, 0.4) is 0 Å². The van der Waals surface area contributed by atoms with Crippen LogP contribution in [0.5, 0.6) is 17.2 Å². The Bertz CT molecular complexity index is 925. The number of pyridine rings is 1. The van der Waals surface area contributed by atoms with Crippen LogP contribution in [0.25, 0.3) is 22.4 Å². The first-order valence-corrected chi connectivity index (χ1v) is 8.19. The van der Waals surface area contributed by atoms with Crippen LogP contribution in [0.1, 0.15) is 6.92 Å². The van der Waals surface area contributed by atoms with Gasteiger partial charge in [-0.3, -0.25) is 0 Å². The number of hydrogen-bond donors (Lipinski definition) is 2. The van der Waals surface area contributed by atoms with E-state index in [9.17, 15) is 5.11 Å². The van der Waals surface area contributed by atoms with E-state index in [0.717, 1.165) is 35.0 Å². The molecule has 3 aromatic rings. The SMILES string of the molecule is CCNc1cc(-c2cccc3c2OCO3)cc(-c2ccccc2O)n1. The Labute approximate surface area is 145 Å². The second-order valence-corrected chi connectivity index (χ2v) is 5.71. The van der Waals surface area contributed by atoms with Crippen LogP contribution in [-0.4, -0.2) is 23.4 Å². The number of phenolic OH excluding ortho intramolecular Hbond substituents is 1. The summed E-state index contributed by atoms with van der Waals surface area (Å²) >= 11 is 0. The zero-order valence-electron chi connectivity index (χ0n) is 13.8. The van der Waals surface area contributed by atoms with Gasteiger partial charge in [-0.2, -0.15) is 0 Å². The normalized spacial score (nSPS) is 12.2. The second kappa shape index (κ2) is 6.36. The van der Waals surface area contributed by atoms with Gasteiger partial charge >= 0.3 is 0 Å². The van der Waals surface area contributed by atoms with E-state index in [2.05, 4.69) is 10.3 Å². The fourth-order valence-corrected chi connectivity index (χ4v) is 2.94. The Kier molecular flexibility index (Phi) is 3.90. The number of hydrogen-bond acceptors (Lipinski definition) is 5. The third-order valence-corrected chi connectivity index (χ3v) is 4.07. The predicted molar refractivity (Wildman–Crippen MR) is 97.1 cm³/mol. The first kappa shape index (κ1) is 15.3. The summed E-state index contributed by atoms with van der Waals surface area (Å²) in [6, 6.07) is 16.9. The number of benzene rings is 2. The van der Waals surface area contributed by atoms with Crippen molar-refractivity contribution in [3.63, 3.8) is 0 Å². The van der Waals surface area contributed by atoms with Gasteiger partial charge in [0.15, 0.2) is 11.5 Å². The molecule has 25 heavy (non-hydrogen) atoms. The highest BCUT2D eigenvalue weighted by molar-refractivity contribution is 5.80. The molecular formula is C20H18N2O3. The molecular weight excluding hydrogens is 316 g/mol. The molecule has 1 aliphatic heterocycles. The molecule has 1 aliphatic rings. The van der Waals surface area contributed by atoms with Gasteiger partial charge in [0.2, 0.25) is 6.79 Å². The first-order chi connectivity index (χ1) is 12.3. The Morgan fingerprint density at radius 3 is 2.72 bits per heavy atom. The van der Waals surface area contributed by atoms with Crippen molar-refractivity contribution in [2.75, 3.05) is 18.7 Å². The minimum Gasteiger partial charge on any atom is -0.507 e. The van der Waals surface area contributed by atoms with Gasteiger partial charge in [0.25, 0.3) is 0 Å². The molecule has 0 bridgehead atoms. The summed E-state index contributed by atoms with van der Waals surface area (Å²) in [5, 5.41) is 13.4. The van der Waals surface area contributed by atoms with Crippen LogP contribution in [0.4, 0.5) is 5.82 Å². The molecule has 0 unspecified atom stereocenters. The summed E-state index contributed by atoms with van der Waals surface area (Å²) in [5.74, 6) is 2.42. The monoisotopic (exact) mass is 334 g/mol. The molecule has 2 heterocycles. The van der Waals surface area contributed by atoms with Crippen molar-refractivity contribution in [2.45, 2.75) is 6.92 Å². The molecule has 2 aromatic carbocycles. The average Bonchev–Trinajstić information content (AvgIpc) is 3.11. The maximum absolute atomic E-state index is 10.2. The number of aromatic hydroxyl groups is 1.